The Morgan fingerprint density at radius 1 is 1.15 bits per heavy atom. The molecule has 0 aromatic heterocycles. The van der Waals surface area contributed by atoms with Crippen molar-refractivity contribution in [1.82, 2.24) is 0 Å². The lowest BCUT2D eigenvalue weighted by Gasteiger charge is -2.16. The Kier molecular flexibility index (Phi) is 7.35. The predicted molar refractivity (Wildman–Crippen MR) is 143 cm³/mol. The lowest BCUT2D eigenvalue weighted by atomic mass is 10.1. The molecule has 0 bridgehead atoms. The maximum atomic E-state index is 13.9. The van der Waals surface area contributed by atoms with Gasteiger partial charge in [-0.15, -0.1) is 0 Å². The number of aryl methyl sites for hydroxylation is 1. The second-order valence-electron chi connectivity index (χ2n) is 7.22. The highest BCUT2D eigenvalue weighted by atomic mass is 127. The molecule has 0 unspecified atom stereocenters. The topological polar surface area (TPSA) is 38.8 Å². The third-order valence-electron chi connectivity index (χ3n) is 5.03. The number of methoxy groups -OCH3 is 1. The van der Waals surface area contributed by atoms with Crippen molar-refractivity contribution in [2.75, 3.05) is 12.0 Å². The van der Waals surface area contributed by atoms with Crippen LogP contribution in [0.5, 0.6) is 11.5 Å². The van der Waals surface area contributed by atoms with Gasteiger partial charge in [0.2, 0.25) is 0 Å². The first-order chi connectivity index (χ1) is 15.9. The molecule has 168 valence electrons. The SMILES string of the molecule is COc1cc(/C=C2/SC(=S)N(c3ccccc3C)C2=O)cc(I)c1OCc1ccccc1F. The number of ether oxygens (including phenoxy) is 2. The number of hydrogen-bond acceptors (Lipinski definition) is 5. The van der Waals surface area contributed by atoms with Crippen molar-refractivity contribution in [2.45, 2.75) is 13.5 Å². The van der Waals surface area contributed by atoms with Gasteiger partial charge in [0.05, 0.1) is 21.3 Å². The molecule has 0 atom stereocenters. The highest BCUT2D eigenvalue weighted by Crippen LogP contribution is 2.39. The molecular formula is C25H19FINO3S2. The second kappa shape index (κ2) is 10.2. The Morgan fingerprint density at radius 2 is 1.88 bits per heavy atom. The summed E-state index contributed by atoms with van der Waals surface area (Å²) in [6.07, 6.45) is 1.79. The molecule has 4 nitrogen and oxygen atoms in total. The van der Waals surface area contributed by atoms with Gasteiger partial charge in [0.1, 0.15) is 12.4 Å². The van der Waals surface area contributed by atoms with E-state index in [0.29, 0.717) is 26.3 Å². The van der Waals surface area contributed by atoms with Crippen molar-refractivity contribution in [3.05, 3.63) is 91.6 Å². The fourth-order valence-electron chi connectivity index (χ4n) is 3.37. The van der Waals surface area contributed by atoms with E-state index >= 15 is 0 Å². The molecule has 1 aliphatic heterocycles. The Labute approximate surface area is 214 Å². The standard InChI is InChI=1S/C25H19FINO3S2/c1-15-7-3-6-10-20(15)28-24(29)22(33-25(28)32)13-16-11-19(27)23(21(12-16)30-2)31-14-17-8-4-5-9-18(17)26/h3-13H,14H2,1-2H3/b22-13+. The van der Waals surface area contributed by atoms with E-state index in [2.05, 4.69) is 22.6 Å². The number of nitrogens with zero attached hydrogens (tertiary/aromatic N) is 1. The molecule has 0 radical (unpaired) electrons. The summed E-state index contributed by atoms with van der Waals surface area (Å²) in [5.74, 6) is 0.539. The molecule has 1 aliphatic rings. The number of hydrogen-bond donors (Lipinski definition) is 0. The average molecular weight is 591 g/mol. The minimum Gasteiger partial charge on any atom is -0.493 e. The van der Waals surface area contributed by atoms with Gasteiger partial charge < -0.3 is 9.47 Å². The molecule has 1 fully saturated rings. The number of carbonyl (C=O) groups excluding carboxylic acids is 1. The van der Waals surface area contributed by atoms with Crippen LogP contribution in [-0.4, -0.2) is 17.3 Å². The van der Waals surface area contributed by atoms with Crippen molar-refractivity contribution in [2.24, 2.45) is 0 Å². The fourth-order valence-corrected chi connectivity index (χ4v) is 5.44. The summed E-state index contributed by atoms with van der Waals surface area (Å²) in [4.78, 5) is 15.2. The number of halogens is 2. The predicted octanol–water partition coefficient (Wildman–Crippen LogP) is 6.73. The third kappa shape index (κ3) is 5.07. The minimum absolute atomic E-state index is 0.0769. The lowest BCUT2D eigenvalue weighted by molar-refractivity contribution is -0.113. The van der Waals surface area contributed by atoms with Gasteiger partial charge in [-0.1, -0.05) is 60.4 Å². The molecule has 1 amide bonds. The van der Waals surface area contributed by atoms with Crippen molar-refractivity contribution in [3.8, 4) is 11.5 Å². The van der Waals surface area contributed by atoms with Crippen molar-refractivity contribution in [3.63, 3.8) is 0 Å². The first-order valence-corrected chi connectivity index (χ1v) is 12.3. The molecule has 3 aromatic carbocycles. The average Bonchev–Trinajstić information content (AvgIpc) is 3.06. The normalized spacial score (nSPS) is 14.8. The molecule has 8 heteroatoms. The molecule has 0 spiro atoms. The van der Waals surface area contributed by atoms with Crippen LogP contribution in [0.15, 0.2) is 65.6 Å². The Hall–Kier alpha value is -2.43. The number of carbonyl (C=O) groups is 1. The van der Waals surface area contributed by atoms with Gasteiger partial charge in [0, 0.05) is 5.56 Å². The summed E-state index contributed by atoms with van der Waals surface area (Å²) in [5.41, 5.74) is 2.99. The molecule has 3 aromatic rings. The van der Waals surface area contributed by atoms with Gasteiger partial charge in [0.15, 0.2) is 15.8 Å². The van der Waals surface area contributed by atoms with Crippen molar-refractivity contribution >= 4 is 68.6 Å². The van der Waals surface area contributed by atoms with E-state index in [4.69, 9.17) is 21.7 Å². The van der Waals surface area contributed by atoms with E-state index in [1.54, 1.807) is 42.4 Å². The molecule has 0 aliphatic carbocycles. The Balaban J connectivity index is 1.60. The van der Waals surface area contributed by atoms with Gasteiger partial charge in [-0.25, -0.2) is 4.39 Å². The number of rotatable bonds is 6. The molecule has 0 saturated carbocycles. The summed E-state index contributed by atoms with van der Waals surface area (Å²) in [7, 11) is 1.54. The molecule has 33 heavy (non-hydrogen) atoms. The van der Waals surface area contributed by atoms with Crippen LogP contribution in [0, 0.1) is 16.3 Å². The van der Waals surface area contributed by atoms with E-state index in [-0.39, 0.29) is 18.3 Å². The van der Waals surface area contributed by atoms with Crippen LogP contribution in [0.25, 0.3) is 6.08 Å². The fraction of sp³-hybridized carbons (Fsp3) is 0.120. The zero-order valence-corrected chi connectivity index (χ0v) is 21.6. The number of thioether (sulfide) groups is 1. The van der Waals surface area contributed by atoms with Crippen LogP contribution in [0.4, 0.5) is 10.1 Å². The first kappa shape index (κ1) is 23.7. The van der Waals surface area contributed by atoms with Gasteiger partial charge in [0.25, 0.3) is 5.91 Å². The van der Waals surface area contributed by atoms with E-state index < -0.39 is 0 Å². The van der Waals surface area contributed by atoms with Crippen LogP contribution in [0.2, 0.25) is 0 Å². The van der Waals surface area contributed by atoms with Crippen molar-refractivity contribution < 1.29 is 18.7 Å². The molecule has 1 saturated heterocycles. The number of para-hydroxylation sites is 1. The number of anilines is 1. The van der Waals surface area contributed by atoms with Gasteiger partial charge >= 0.3 is 0 Å². The van der Waals surface area contributed by atoms with Crippen LogP contribution >= 0.6 is 46.6 Å². The number of benzene rings is 3. The minimum atomic E-state index is -0.321. The highest BCUT2D eigenvalue weighted by Gasteiger charge is 2.34. The lowest BCUT2D eigenvalue weighted by Crippen LogP contribution is -2.28. The second-order valence-corrected chi connectivity index (χ2v) is 10.1. The maximum Gasteiger partial charge on any atom is 0.270 e. The van der Waals surface area contributed by atoms with Crippen LogP contribution < -0.4 is 14.4 Å². The maximum absolute atomic E-state index is 13.9. The summed E-state index contributed by atoms with van der Waals surface area (Å²) in [6, 6.07) is 17.8. The largest absolute Gasteiger partial charge is 0.493 e. The van der Waals surface area contributed by atoms with Crippen LogP contribution in [0.1, 0.15) is 16.7 Å². The monoisotopic (exact) mass is 591 g/mol. The number of thiocarbonyl (C=S) groups is 1. The van der Waals surface area contributed by atoms with Gasteiger partial charge in [-0.05, 0) is 71.0 Å². The van der Waals surface area contributed by atoms with E-state index in [9.17, 15) is 9.18 Å². The molecule has 1 heterocycles. The van der Waals surface area contributed by atoms with E-state index in [1.807, 2.05) is 37.3 Å². The summed E-state index contributed by atoms with van der Waals surface area (Å²) >= 11 is 8.90. The van der Waals surface area contributed by atoms with Gasteiger partial charge in [-0.2, -0.15) is 0 Å². The molecular weight excluding hydrogens is 572 g/mol. The van der Waals surface area contributed by atoms with E-state index in [1.165, 1.54) is 17.8 Å². The van der Waals surface area contributed by atoms with Crippen LogP contribution in [-0.2, 0) is 11.4 Å². The first-order valence-electron chi connectivity index (χ1n) is 9.96. The quantitative estimate of drug-likeness (QED) is 0.181. The zero-order chi connectivity index (χ0) is 23.5. The van der Waals surface area contributed by atoms with Crippen molar-refractivity contribution in [1.29, 1.82) is 0 Å². The Morgan fingerprint density at radius 3 is 2.61 bits per heavy atom. The third-order valence-corrected chi connectivity index (χ3v) is 7.13. The summed E-state index contributed by atoms with van der Waals surface area (Å²) in [5, 5.41) is 0. The zero-order valence-electron chi connectivity index (χ0n) is 17.8. The summed E-state index contributed by atoms with van der Waals surface area (Å²) < 4.78 is 26.6. The Bertz CT molecular complexity index is 1280. The molecule has 4 rings (SSSR count). The van der Waals surface area contributed by atoms with E-state index in [0.717, 1.165) is 20.4 Å². The van der Waals surface area contributed by atoms with Crippen LogP contribution in [0.3, 0.4) is 0 Å². The van der Waals surface area contributed by atoms with Gasteiger partial charge in [-0.3, -0.25) is 9.69 Å². The molecule has 0 N–H and O–H groups in total. The summed E-state index contributed by atoms with van der Waals surface area (Å²) in [6.45, 7) is 2.03. The number of amides is 1. The highest BCUT2D eigenvalue weighted by molar-refractivity contribution is 14.1. The smallest absolute Gasteiger partial charge is 0.270 e.